The van der Waals surface area contributed by atoms with E-state index >= 15 is 0 Å². The zero-order chi connectivity index (χ0) is 15.4. The maximum absolute atomic E-state index is 2.35. The van der Waals surface area contributed by atoms with Gasteiger partial charge < -0.3 is 0 Å². The van der Waals surface area contributed by atoms with E-state index in [0.29, 0.717) is 0 Å². The SMILES string of the molecule is CC(C)(C)c1ccc2c(c1)[CH]c1cc(C(C)(C)C)ccc1-2.[LiH]. The maximum atomic E-state index is 2.35. The Morgan fingerprint density at radius 1 is 0.591 bits per heavy atom. The number of fused-ring (bicyclic) bond motifs is 3. The molecule has 0 atom stereocenters. The second-order valence-electron chi connectivity index (χ2n) is 8.25. The second kappa shape index (κ2) is 5.59. The Morgan fingerprint density at radius 3 is 1.27 bits per heavy atom. The molecule has 0 amide bonds. The van der Waals surface area contributed by atoms with Gasteiger partial charge >= 0.3 is 18.9 Å². The predicted octanol–water partition coefficient (Wildman–Crippen LogP) is 5.21. The first-order chi connectivity index (χ1) is 9.66. The molecule has 0 fully saturated rings. The van der Waals surface area contributed by atoms with E-state index in [1.54, 1.807) is 0 Å². The van der Waals surface area contributed by atoms with Gasteiger partial charge in [-0.3, -0.25) is 0 Å². The van der Waals surface area contributed by atoms with Crippen LogP contribution in [0.3, 0.4) is 0 Å². The van der Waals surface area contributed by atoms with Gasteiger partial charge in [-0.15, -0.1) is 0 Å². The topological polar surface area (TPSA) is 0 Å². The van der Waals surface area contributed by atoms with Gasteiger partial charge in [0.25, 0.3) is 0 Å². The Balaban J connectivity index is 0.00000176. The normalized spacial score (nSPS) is 13.4. The molecule has 1 radical (unpaired) electrons. The predicted molar refractivity (Wildman–Crippen MR) is 98.9 cm³/mol. The van der Waals surface area contributed by atoms with Gasteiger partial charge in [-0.1, -0.05) is 77.9 Å². The van der Waals surface area contributed by atoms with E-state index in [-0.39, 0.29) is 29.7 Å². The first-order valence-electron chi connectivity index (χ1n) is 7.80. The summed E-state index contributed by atoms with van der Waals surface area (Å²) in [7, 11) is 0. The Hall–Kier alpha value is -0.963. The van der Waals surface area contributed by atoms with E-state index in [2.05, 4.69) is 84.4 Å². The molecule has 1 aliphatic rings. The third-order valence-corrected chi connectivity index (χ3v) is 4.44. The third-order valence-electron chi connectivity index (χ3n) is 4.44. The van der Waals surface area contributed by atoms with Crippen LogP contribution in [-0.2, 0) is 10.8 Å². The van der Waals surface area contributed by atoms with E-state index in [0.717, 1.165) is 0 Å². The molecule has 111 valence electrons. The minimum atomic E-state index is 0. The van der Waals surface area contributed by atoms with Gasteiger partial charge in [0.2, 0.25) is 0 Å². The Bertz CT molecular complexity index is 635. The summed E-state index contributed by atoms with van der Waals surface area (Å²) in [6, 6.07) is 13.8. The number of benzene rings is 2. The fourth-order valence-electron chi connectivity index (χ4n) is 2.96. The molecule has 0 nitrogen and oxygen atoms in total. The zero-order valence-corrected chi connectivity index (χ0v) is 14.0. The van der Waals surface area contributed by atoms with Crippen molar-refractivity contribution in [2.24, 2.45) is 0 Å². The van der Waals surface area contributed by atoms with Gasteiger partial charge in [0.1, 0.15) is 0 Å². The van der Waals surface area contributed by atoms with Gasteiger partial charge in [0.15, 0.2) is 0 Å². The molecule has 0 N–H and O–H groups in total. The van der Waals surface area contributed by atoms with Crippen LogP contribution in [0.1, 0.15) is 63.8 Å². The molecule has 2 aromatic carbocycles. The molecule has 0 aromatic heterocycles. The summed E-state index contributed by atoms with van der Waals surface area (Å²) in [6.07, 6.45) is 2.34. The molecule has 0 spiro atoms. The van der Waals surface area contributed by atoms with Crippen LogP contribution in [0.2, 0.25) is 0 Å². The van der Waals surface area contributed by atoms with Crippen LogP contribution in [0.4, 0.5) is 0 Å². The summed E-state index contributed by atoms with van der Waals surface area (Å²) < 4.78 is 0. The van der Waals surface area contributed by atoms with Crippen LogP contribution >= 0.6 is 0 Å². The molecule has 0 unspecified atom stereocenters. The van der Waals surface area contributed by atoms with Gasteiger partial charge in [-0.05, 0) is 44.2 Å². The summed E-state index contributed by atoms with van der Waals surface area (Å²) in [6.45, 7) is 13.6. The van der Waals surface area contributed by atoms with Crippen molar-refractivity contribution in [2.45, 2.75) is 52.4 Å². The molecule has 2 aromatic rings. The Kier molecular flexibility index (Phi) is 4.42. The van der Waals surface area contributed by atoms with Gasteiger partial charge in [-0.25, -0.2) is 0 Å². The van der Waals surface area contributed by atoms with Crippen molar-refractivity contribution in [1.82, 2.24) is 0 Å². The summed E-state index contributed by atoms with van der Waals surface area (Å²) in [4.78, 5) is 0. The van der Waals surface area contributed by atoms with Gasteiger partial charge in [0, 0.05) is 6.42 Å². The van der Waals surface area contributed by atoms with Crippen molar-refractivity contribution in [1.29, 1.82) is 0 Å². The number of hydrogen-bond acceptors (Lipinski definition) is 0. The van der Waals surface area contributed by atoms with Crippen LogP contribution in [-0.4, -0.2) is 18.9 Å². The summed E-state index contributed by atoms with van der Waals surface area (Å²) in [5, 5.41) is 0. The van der Waals surface area contributed by atoms with Crippen LogP contribution < -0.4 is 0 Å². The quantitative estimate of drug-likeness (QED) is 0.497. The standard InChI is InChI=1S/C21H25.Li.H/c1-20(2,3)16-7-9-18-14(12-16)11-15-13-17(21(4,5)6)8-10-19(15)18;;/h7-13H,1-6H3;;. The van der Waals surface area contributed by atoms with Crippen molar-refractivity contribution in [3.63, 3.8) is 0 Å². The van der Waals surface area contributed by atoms with E-state index in [1.165, 1.54) is 33.4 Å². The molecule has 1 heteroatoms. The van der Waals surface area contributed by atoms with Gasteiger partial charge in [-0.2, -0.15) is 0 Å². The number of hydrogen-bond donors (Lipinski definition) is 0. The van der Waals surface area contributed by atoms with Crippen molar-refractivity contribution >= 4 is 18.9 Å². The molecular weight excluding hydrogens is 259 g/mol. The van der Waals surface area contributed by atoms with Crippen LogP contribution in [0.15, 0.2) is 36.4 Å². The molecule has 0 saturated heterocycles. The summed E-state index contributed by atoms with van der Waals surface area (Å²) >= 11 is 0. The molecular formula is C21H26Li. The van der Waals surface area contributed by atoms with E-state index < -0.39 is 0 Å². The molecule has 0 bridgehead atoms. The van der Waals surface area contributed by atoms with E-state index in [9.17, 15) is 0 Å². The van der Waals surface area contributed by atoms with E-state index in [4.69, 9.17) is 0 Å². The fourth-order valence-corrected chi connectivity index (χ4v) is 2.96. The summed E-state index contributed by atoms with van der Waals surface area (Å²) in [5.74, 6) is 0. The summed E-state index contributed by atoms with van der Waals surface area (Å²) in [5.41, 5.74) is 8.69. The van der Waals surface area contributed by atoms with Crippen molar-refractivity contribution < 1.29 is 0 Å². The van der Waals surface area contributed by atoms with Crippen molar-refractivity contribution in [3.8, 4) is 11.1 Å². The monoisotopic (exact) mass is 285 g/mol. The molecule has 0 heterocycles. The van der Waals surface area contributed by atoms with Crippen LogP contribution in [0, 0.1) is 6.42 Å². The molecule has 0 saturated carbocycles. The van der Waals surface area contributed by atoms with Gasteiger partial charge in [0.05, 0.1) is 0 Å². The molecule has 1 aliphatic carbocycles. The molecule has 22 heavy (non-hydrogen) atoms. The Morgan fingerprint density at radius 2 is 0.955 bits per heavy atom. The Labute approximate surface area is 147 Å². The first-order valence-corrected chi connectivity index (χ1v) is 7.80. The average Bonchev–Trinajstić information content (AvgIpc) is 2.73. The fraction of sp³-hybridized carbons (Fsp3) is 0.381. The zero-order valence-electron chi connectivity index (χ0n) is 14.0. The molecule has 3 rings (SSSR count). The third kappa shape index (κ3) is 3.05. The molecule has 0 aliphatic heterocycles. The average molecular weight is 285 g/mol. The first kappa shape index (κ1) is 17.4. The van der Waals surface area contributed by atoms with E-state index in [1.807, 2.05) is 0 Å². The van der Waals surface area contributed by atoms with Crippen molar-refractivity contribution in [3.05, 3.63) is 65.1 Å². The number of rotatable bonds is 0. The van der Waals surface area contributed by atoms with Crippen LogP contribution in [0.25, 0.3) is 11.1 Å². The van der Waals surface area contributed by atoms with Crippen molar-refractivity contribution in [2.75, 3.05) is 0 Å². The van der Waals surface area contributed by atoms with Crippen LogP contribution in [0.5, 0.6) is 0 Å². The minimum absolute atomic E-state index is 0. The second-order valence-corrected chi connectivity index (χ2v) is 8.25.